The van der Waals surface area contributed by atoms with Gasteiger partial charge in [-0.2, -0.15) is 0 Å². The number of hydrogen-bond acceptors (Lipinski definition) is 12. The van der Waals surface area contributed by atoms with Crippen LogP contribution < -0.4 is 5.32 Å². The quantitative estimate of drug-likeness (QED) is 0.0594. The molecule has 0 saturated heterocycles. The van der Waals surface area contributed by atoms with E-state index in [2.05, 4.69) is 19.2 Å². The van der Waals surface area contributed by atoms with E-state index >= 15 is 0 Å². The highest BCUT2D eigenvalue weighted by Crippen LogP contribution is 2.09. The Morgan fingerprint density at radius 1 is 0.457 bits per heavy atom. The fourth-order valence-electron chi connectivity index (χ4n) is 4.13. The minimum absolute atomic E-state index is 0.0128. The van der Waals surface area contributed by atoms with Gasteiger partial charge in [0.2, 0.25) is 0 Å². The summed E-state index contributed by atoms with van der Waals surface area (Å²) in [6.45, 7) is 6.34. The zero-order valence-corrected chi connectivity index (χ0v) is 28.7. The van der Waals surface area contributed by atoms with Gasteiger partial charge in [0, 0.05) is 32.4 Å². The van der Waals surface area contributed by atoms with Gasteiger partial charge >= 0.3 is 29.8 Å². The lowest BCUT2D eigenvalue weighted by atomic mass is 10.1. The lowest BCUT2D eigenvalue weighted by molar-refractivity contribution is -0.154. The summed E-state index contributed by atoms with van der Waals surface area (Å²) in [6, 6.07) is 0. The van der Waals surface area contributed by atoms with E-state index in [0.29, 0.717) is 19.3 Å². The zero-order valence-electron chi connectivity index (χ0n) is 28.7. The van der Waals surface area contributed by atoms with Crippen LogP contribution in [0.3, 0.4) is 0 Å². The zero-order chi connectivity index (χ0) is 34.3. The van der Waals surface area contributed by atoms with Crippen molar-refractivity contribution in [3.05, 3.63) is 0 Å². The first-order chi connectivity index (χ1) is 22.2. The third-order valence-corrected chi connectivity index (χ3v) is 7.12. The van der Waals surface area contributed by atoms with Crippen molar-refractivity contribution in [3.63, 3.8) is 0 Å². The second-order valence-electron chi connectivity index (χ2n) is 11.7. The van der Waals surface area contributed by atoms with Crippen LogP contribution in [-0.2, 0) is 47.7 Å². The average Bonchev–Trinajstić information content (AvgIpc) is 3.04. The largest absolute Gasteiger partial charge is 0.465 e. The van der Waals surface area contributed by atoms with E-state index in [1.54, 1.807) is 0 Å². The number of aliphatic hydroxyl groups is 1. The van der Waals surface area contributed by atoms with Crippen LogP contribution in [0.2, 0.25) is 0 Å². The highest BCUT2D eigenvalue weighted by molar-refractivity contribution is 5.71. The molecule has 12 heteroatoms. The fourth-order valence-corrected chi connectivity index (χ4v) is 4.13. The SMILES string of the molecule is CCCCCCC(=O)OCC(CO)COC(=O)CCNCCC(=O)OCC(COC(=O)CCCCC)COC(=O)CCCCCC. The first kappa shape index (κ1) is 43.3. The number of carbonyl (C=O) groups excluding carboxylic acids is 5. The van der Waals surface area contributed by atoms with E-state index in [-0.39, 0.29) is 83.5 Å². The van der Waals surface area contributed by atoms with Gasteiger partial charge in [0.1, 0.15) is 19.8 Å². The summed E-state index contributed by atoms with van der Waals surface area (Å²) in [4.78, 5) is 60.3. The summed E-state index contributed by atoms with van der Waals surface area (Å²) in [7, 11) is 0. The number of esters is 5. The van der Waals surface area contributed by atoms with Gasteiger partial charge in [-0.1, -0.05) is 72.1 Å². The molecule has 2 atom stereocenters. The molecule has 2 unspecified atom stereocenters. The molecule has 0 aromatic carbocycles. The van der Waals surface area contributed by atoms with Gasteiger partial charge in [-0.05, 0) is 19.3 Å². The van der Waals surface area contributed by atoms with Crippen molar-refractivity contribution in [2.75, 3.05) is 52.7 Å². The van der Waals surface area contributed by atoms with Crippen LogP contribution in [0, 0.1) is 11.8 Å². The maximum Gasteiger partial charge on any atom is 0.307 e. The van der Waals surface area contributed by atoms with Gasteiger partial charge in [-0.15, -0.1) is 0 Å². The second-order valence-corrected chi connectivity index (χ2v) is 11.7. The van der Waals surface area contributed by atoms with E-state index < -0.39 is 23.8 Å². The minimum atomic E-state index is -0.492. The summed E-state index contributed by atoms with van der Waals surface area (Å²) >= 11 is 0. The molecule has 0 spiro atoms. The van der Waals surface area contributed by atoms with Crippen molar-refractivity contribution in [3.8, 4) is 0 Å². The number of carbonyl (C=O) groups is 5. The number of nitrogens with one attached hydrogen (secondary N) is 1. The Morgan fingerprint density at radius 2 is 0.761 bits per heavy atom. The normalized spacial score (nSPS) is 12.2. The van der Waals surface area contributed by atoms with Crippen molar-refractivity contribution in [2.24, 2.45) is 11.8 Å². The number of aliphatic hydroxyl groups excluding tert-OH is 1. The summed E-state index contributed by atoms with van der Waals surface area (Å²) in [5.41, 5.74) is 0. The Balaban J connectivity index is 4.30. The van der Waals surface area contributed by atoms with Crippen molar-refractivity contribution in [2.45, 2.75) is 124 Å². The van der Waals surface area contributed by atoms with Crippen molar-refractivity contribution in [1.82, 2.24) is 5.32 Å². The molecule has 0 heterocycles. The predicted molar refractivity (Wildman–Crippen MR) is 173 cm³/mol. The molecule has 0 amide bonds. The van der Waals surface area contributed by atoms with E-state index in [9.17, 15) is 29.1 Å². The van der Waals surface area contributed by atoms with Gasteiger partial charge in [-0.25, -0.2) is 0 Å². The van der Waals surface area contributed by atoms with Crippen LogP contribution in [-0.4, -0.2) is 87.7 Å². The number of unbranched alkanes of at least 4 members (excludes halogenated alkanes) is 8. The maximum atomic E-state index is 12.3. The summed E-state index contributed by atoms with van der Waals surface area (Å²) < 4.78 is 26.4. The van der Waals surface area contributed by atoms with E-state index in [0.717, 1.165) is 70.6 Å². The van der Waals surface area contributed by atoms with Crippen LogP contribution in [0.5, 0.6) is 0 Å². The van der Waals surface area contributed by atoms with E-state index in [1.807, 2.05) is 6.92 Å². The van der Waals surface area contributed by atoms with Crippen LogP contribution in [0.25, 0.3) is 0 Å². The van der Waals surface area contributed by atoms with Crippen LogP contribution in [0.4, 0.5) is 0 Å². The Bertz CT molecular complexity index is 821. The molecule has 46 heavy (non-hydrogen) atoms. The molecule has 268 valence electrons. The molecule has 0 radical (unpaired) electrons. The van der Waals surface area contributed by atoms with Gasteiger partial charge in [0.25, 0.3) is 0 Å². The third-order valence-electron chi connectivity index (χ3n) is 7.12. The molecule has 2 N–H and O–H groups in total. The van der Waals surface area contributed by atoms with Crippen LogP contribution >= 0.6 is 0 Å². The second kappa shape index (κ2) is 30.9. The summed E-state index contributed by atoms with van der Waals surface area (Å²) in [6.07, 6.45) is 11.5. The lowest BCUT2D eigenvalue weighted by Gasteiger charge is -2.17. The van der Waals surface area contributed by atoms with Crippen molar-refractivity contribution >= 4 is 29.8 Å². The monoisotopic (exact) mass is 659 g/mol. The first-order valence-corrected chi connectivity index (χ1v) is 17.3. The molecule has 0 aliphatic carbocycles. The molecule has 0 aromatic heterocycles. The van der Waals surface area contributed by atoms with E-state index in [4.69, 9.17) is 23.7 Å². The highest BCUT2D eigenvalue weighted by Gasteiger charge is 2.18. The molecule has 0 aromatic rings. The Labute approximate surface area is 276 Å². The number of hydrogen-bond donors (Lipinski definition) is 2. The Morgan fingerprint density at radius 3 is 1.11 bits per heavy atom. The molecular weight excluding hydrogens is 598 g/mol. The average molecular weight is 660 g/mol. The molecule has 0 saturated carbocycles. The maximum absolute atomic E-state index is 12.3. The van der Waals surface area contributed by atoms with E-state index in [1.165, 1.54) is 0 Å². The molecule has 0 aliphatic heterocycles. The van der Waals surface area contributed by atoms with Crippen LogP contribution in [0.1, 0.15) is 124 Å². The third kappa shape index (κ3) is 27.6. The standard InChI is InChI=1S/C34H61NO11/c1-4-7-10-13-16-31(38)42-23-28(22-36)24-43-33(40)18-20-35-21-19-34(41)46-27-29(25-44-30(37)15-12-9-6-3)26-45-32(39)17-14-11-8-5-2/h28-29,35-36H,4-27H2,1-3H3. The molecule has 0 aliphatic rings. The first-order valence-electron chi connectivity index (χ1n) is 17.3. The Hall–Kier alpha value is -2.73. The summed E-state index contributed by atoms with van der Waals surface area (Å²) in [5.74, 6) is -2.91. The van der Waals surface area contributed by atoms with Crippen molar-refractivity contribution < 1.29 is 52.8 Å². The molecule has 0 rings (SSSR count). The highest BCUT2D eigenvalue weighted by atomic mass is 16.6. The minimum Gasteiger partial charge on any atom is -0.465 e. The van der Waals surface area contributed by atoms with Crippen LogP contribution in [0.15, 0.2) is 0 Å². The van der Waals surface area contributed by atoms with Crippen molar-refractivity contribution in [1.29, 1.82) is 0 Å². The fraction of sp³-hybridized carbons (Fsp3) is 0.853. The number of rotatable bonds is 31. The smallest absolute Gasteiger partial charge is 0.307 e. The molecular formula is C34H61NO11. The molecule has 0 bridgehead atoms. The van der Waals surface area contributed by atoms with Gasteiger partial charge < -0.3 is 34.1 Å². The summed E-state index contributed by atoms with van der Waals surface area (Å²) in [5, 5.41) is 12.5. The predicted octanol–water partition coefficient (Wildman–Crippen LogP) is 4.82. The molecule has 0 fully saturated rings. The lowest BCUT2D eigenvalue weighted by Crippen LogP contribution is -2.28. The molecule has 12 nitrogen and oxygen atoms in total. The Kier molecular flexibility index (Phi) is 29.1. The van der Waals surface area contributed by atoms with Gasteiger partial charge in [0.15, 0.2) is 0 Å². The van der Waals surface area contributed by atoms with Gasteiger partial charge in [-0.3, -0.25) is 24.0 Å². The topological polar surface area (TPSA) is 164 Å². The van der Waals surface area contributed by atoms with Gasteiger partial charge in [0.05, 0.1) is 44.5 Å². The number of ether oxygens (including phenoxy) is 5.